The molecule has 1 aliphatic heterocycles. The number of Topliss-reactive ketones (excluding diaryl/α,β-unsaturated/α-hetero) is 1. The van der Waals surface area contributed by atoms with Gasteiger partial charge in [0.05, 0.1) is 16.2 Å². The maximum Gasteiger partial charge on any atom is 0.136 e. The molecule has 2 heterocycles. The quantitative estimate of drug-likeness (QED) is 0.790. The van der Waals surface area contributed by atoms with Gasteiger partial charge in [-0.05, 0) is 24.3 Å². The van der Waals surface area contributed by atoms with E-state index in [-0.39, 0.29) is 0 Å². The molecule has 0 saturated carbocycles. The van der Waals surface area contributed by atoms with Gasteiger partial charge in [-0.3, -0.25) is 9.78 Å². The van der Waals surface area contributed by atoms with E-state index in [1.54, 1.807) is 6.20 Å². The Morgan fingerprint density at radius 1 is 1.17 bits per heavy atom. The summed E-state index contributed by atoms with van der Waals surface area (Å²) in [7, 11) is 0. The van der Waals surface area contributed by atoms with Crippen LogP contribution in [-0.2, 0) is 4.79 Å². The number of ketones is 1. The molecular weight excluding hydrogens is 248 g/mol. The highest BCUT2D eigenvalue weighted by Crippen LogP contribution is 2.31. The van der Waals surface area contributed by atoms with Crippen LogP contribution in [0.3, 0.4) is 0 Å². The minimum Gasteiger partial charge on any atom is -0.369 e. The predicted octanol–water partition coefficient (Wildman–Crippen LogP) is 3.06. The first-order chi connectivity index (χ1) is 8.75. The molecule has 0 bridgehead atoms. The van der Waals surface area contributed by atoms with Crippen LogP contribution in [0.5, 0.6) is 0 Å². The zero-order valence-corrected chi connectivity index (χ0v) is 10.7. The van der Waals surface area contributed by atoms with Crippen LogP contribution in [0.2, 0.25) is 5.02 Å². The smallest absolute Gasteiger partial charge is 0.136 e. The number of carbonyl (C=O) groups is 1. The number of nitrogens with zero attached hydrogens (tertiary/aromatic N) is 2. The van der Waals surface area contributed by atoms with E-state index < -0.39 is 0 Å². The van der Waals surface area contributed by atoms with Crippen molar-refractivity contribution in [3.05, 3.63) is 35.5 Å². The molecule has 1 aromatic heterocycles. The fraction of sp³-hybridized carbons (Fsp3) is 0.286. The molecule has 0 spiro atoms. The van der Waals surface area contributed by atoms with Gasteiger partial charge in [0, 0.05) is 37.5 Å². The van der Waals surface area contributed by atoms with Crippen LogP contribution in [0.25, 0.3) is 10.9 Å². The first kappa shape index (κ1) is 11.5. The maximum absolute atomic E-state index is 11.3. The van der Waals surface area contributed by atoms with Crippen molar-refractivity contribution in [2.45, 2.75) is 12.8 Å². The van der Waals surface area contributed by atoms with Crippen LogP contribution in [0.15, 0.2) is 30.5 Å². The third kappa shape index (κ3) is 1.95. The average Bonchev–Trinajstić information content (AvgIpc) is 2.41. The number of benzene rings is 1. The lowest BCUT2D eigenvalue weighted by Gasteiger charge is -2.28. The lowest BCUT2D eigenvalue weighted by Crippen LogP contribution is -2.33. The van der Waals surface area contributed by atoms with Crippen molar-refractivity contribution in [2.24, 2.45) is 0 Å². The number of fused-ring (bicyclic) bond motifs is 1. The zero-order valence-electron chi connectivity index (χ0n) is 9.90. The molecule has 2 aromatic rings. The van der Waals surface area contributed by atoms with Crippen LogP contribution in [0.4, 0.5) is 5.69 Å². The van der Waals surface area contributed by atoms with Gasteiger partial charge in [-0.25, -0.2) is 0 Å². The van der Waals surface area contributed by atoms with E-state index in [4.69, 9.17) is 11.6 Å². The first-order valence-electron chi connectivity index (χ1n) is 6.05. The minimum absolute atomic E-state index is 0.345. The molecule has 0 aliphatic carbocycles. The van der Waals surface area contributed by atoms with Gasteiger partial charge in [0.1, 0.15) is 5.78 Å². The van der Waals surface area contributed by atoms with Gasteiger partial charge in [-0.2, -0.15) is 0 Å². The number of halogens is 1. The van der Waals surface area contributed by atoms with E-state index in [2.05, 4.69) is 9.88 Å². The Morgan fingerprint density at radius 3 is 2.72 bits per heavy atom. The van der Waals surface area contributed by atoms with Gasteiger partial charge >= 0.3 is 0 Å². The summed E-state index contributed by atoms with van der Waals surface area (Å²) < 4.78 is 0. The molecule has 18 heavy (non-hydrogen) atoms. The molecule has 92 valence electrons. The van der Waals surface area contributed by atoms with Crippen molar-refractivity contribution in [3.8, 4) is 0 Å². The maximum atomic E-state index is 11.3. The van der Waals surface area contributed by atoms with Crippen molar-refractivity contribution in [1.82, 2.24) is 4.98 Å². The number of aromatic nitrogens is 1. The second-order valence-electron chi connectivity index (χ2n) is 4.49. The Hall–Kier alpha value is -1.61. The Balaban J connectivity index is 2.07. The zero-order chi connectivity index (χ0) is 12.5. The highest BCUT2D eigenvalue weighted by atomic mass is 35.5. The number of rotatable bonds is 1. The van der Waals surface area contributed by atoms with Crippen molar-refractivity contribution in [3.63, 3.8) is 0 Å². The highest BCUT2D eigenvalue weighted by molar-refractivity contribution is 6.35. The predicted molar refractivity (Wildman–Crippen MR) is 73.2 cm³/mol. The first-order valence-corrected chi connectivity index (χ1v) is 6.43. The summed E-state index contributed by atoms with van der Waals surface area (Å²) in [5.74, 6) is 0.345. The topological polar surface area (TPSA) is 33.2 Å². The summed E-state index contributed by atoms with van der Waals surface area (Å²) in [6, 6.07) is 7.76. The fourth-order valence-electron chi connectivity index (χ4n) is 2.38. The third-order valence-electron chi connectivity index (χ3n) is 3.36. The van der Waals surface area contributed by atoms with Crippen molar-refractivity contribution in [1.29, 1.82) is 0 Å². The summed E-state index contributed by atoms with van der Waals surface area (Å²) in [6.07, 6.45) is 3.02. The Labute approximate surface area is 110 Å². The van der Waals surface area contributed by atoms with Gasteiger partial charge in [-0.1, -0.05) is 11.6 Å². The van der Waals surface area contributed by atoms with Gasteiger partial charge in [0.25, 0.3) is 0 Å². The molecule has 3 nitrogen and oxygen atoms in total. The number of carbonyl (C=O) groups excluding carboxylic acids is 1. The molecular formula is C14H13ClN2O. The van der Waals surface area contributed by atoms with E-state index in [1.807, 2.05) is 24.3 Å². The van der Waals surface area contributed by atoms with Crippen LogP contribution >= 0.6 is 11.6 Å². The molecule has 0 N–H and O–H groups in total. The summed E-state index contributed by atoms with van der Waals surface area (Å²) in [6.45, 7) is 1.54. The van der Waals surface area contributed by atoms with Crippen molar-refractivity contribution < 1.29 is 4.79 Å². The molecule has 4 heteroatoms. The lowest BCUT2D eigenvalue weighted by atomic mass is 10.1. The van der Waals surface area contributed by atoms with Gasteiger partial charge < -0.3 is 4.90 Å². The number of hydrogen-bond donors (Lipinski definition) is 0. The van der Waals surface area contributed by atoms with Crippen molar-refractivity contribution in [2.75, 3.05) is 18.0 Å². The molecule has 0 atom stereocenters. The van der Waals surface area contributed by atoms with E-state index >= 15 is 0 Å². The second kappa shape index (κ2) is 4.58. The molecule has 1 aliphatic rings. The van der Waals surface area contributed by atoms with E-state index in [1.165, 1.54) is 0 Å². The SMILES string of the molecule is O=C1CCN(c2ccc(Cl)c3cccnc23)CC1. The summed E-state index contributed by atoms with van der Waals surface area (Å²) >= 11 is 6.18. The normalized spacial score (nSPS) is 16.3. The Kier molecular flexibility index (Phi) is 2.92. The van der Waals surface area contributed by atoms with Crippen molar-refractivity contribution >= 4 is 34.0 Å². The molecule has 1 fully saturated rings. The summed E-state index contributed by atoms with van der Waals surface area (Å²) in [5, 5.41) is 1.68. The third-order valence-corrected chi connectivity index (χ3v) is 3.69. The van der Waals surface area contributed by atoms with E-state index in [9.17, 15) is 4.79 Å². The van der Waals surface area contributed by atoms with Crippen LogP contribution in [0, 0.1) is 0 Å². The highest BCUT2D eigenvalue weighted by Gasteiger charge is 2.19. The van der Waals surface area contributed by atoms with Crippen LogP contribution in [-0.4, -0.2) is 23.9 Å². The Bertz CT molecular complexity index is 602. The minimum atomic E-state index is 0.345. The van der Waals surface area contributed by atoms with E-state index in [0.29, 0.717) is 18.6 Å². The number of piperidine rings is 1. The number of pyridine rings is 1. The van der Waals surface area contributed by atoms with Crippen LogP contribution in [0.1, 0.15) is 12.8 Å². The molecule has 1 saturated heterocycles. The molecule has 1 aromatic carbocycles. The van der Waals surface area contributed by atoms with Crippen LogP contribution < -0.4 is 4.90 Å². The fourth-order valence-corrected chi connectivity index (χ4v) is 2.59. The monoisotopic (exact) mass is 260 g/mol. The second-order valence-corrected chi connectivity index (χ2v) is 4.90. The molecule has 3 rings (SSSR count). The van der Waals surface area contributed by atoms with Gasteiger partial charge in [0.15, 0.2) is 0 Å². The van der Waals surface area contributed by atoms with Gasteiger partial charge in [-0.15, -0.1) is 0 Å². The van der Waals surface area contributed by atoms with Gasteiger partial charge in [0.2, 0.25) is 0 Å². The molecule has 0 unspecified atom stereocenters. The standard InChI is InChI=1S/C14H13ClN2O/c15-12-3-4-13(14-11(12)2-1-7-16-14)17-8-5-10(18)6-9-17/h1-4,7H,5-6,8-9H2. The number of anilines is 1. The molecule has 0 radical (unpaired) electrons. The lowest BCUT2D eigenvalue weighted by molar-refractivity contribution is -0.119. The summed E-state index contributed by atoms with van der Waals surface area (Å²) in [4.78, 5) is 17.9. The average molecular weight is 261 g/mol. The Morgan fingerprint density at radius 2 is 1.94 bits per heavy atom. The van der Waals surface area contributed by atoms with E-state index in [0.717, 1.165) is 34.7 Å². The largest absolute Gasteiger partial charge is 0.369 e. The summed E-state index contributed by atoms with van der Waals surface area (Å²) in [5.41, 5.74) is 1.99. The number of hydrogen-bond acceptors (Lipinski definition) is 3. The molecule has 0 amide bonds.